The quantitative estimate of drug-likeness (QED) is 0.576. The molecule has 0 aliphatic carbocycles. The average molecular weight is 351 g/mol. The summed E-state index contributed by atoms with van der Waals surface area (Å²) in [5, 5.41) is 10.3. The van der Waals surface area contributed by atoms with Gasteiger partial charge in [0.25, 0.3) is 0 Å². The van der Waals surface area contributed by atoms with E-state index in [9.17, 15) is 8.78 Å². The van der Waals surface area contributed by atoms with Gasteiger partial charge in [-0.25, -0.2) is 18.7 Å². The van der Waals surface area contributed by atoms with Gasteiger partial charge in [0.05, 0.1) is 10.9 Å². The summed E-state index contributed by atoms with van der Waals surface area (Å²) in [6.45, 7) is 1.87. The first-order valence-electron chi connectivity index (χ1n) is 8.07. The van der Waals surface area contributed by atoms with Gasteiger partial charge in [0.15, 0.2) is 5.82 Å². The fourth-order valence-corrected chi connectivity index (χ4v) is 2.75. The number of nitrogens with one attached hydrogen (secondary N) is 2. The maximum absolute atomic E-state index is 14.4. The standard InChI is InChI=1S/C19H15F2N5/c1-11-9-17(26-25-11)24-19-18-14(21)3-2-4-15(18)22-16(23-19)10-12-5-7-13(20)8-6-12/h2-9H,10H2,1H3,(H2,22,23,24,25,26). The van der Waals surface area contributed by atoms with Crippen molar-refractivity contribution < 1.29 is 8.78 Å². The van der Waals surface area contributed by atoms with E-state index in [0.29, 0.717) is 34.8 Å². The van der Waals surface area contributed by atoms with Crippen LogP contribution < -0.4 is 5.32 Å². The van der Waals surface area contributed by atoms with E-state index in [2.05, 4.69) is 25.5 Å². The molecule has 7 heteroatoms. The average Bonchev–Trinajstić information content (AvgIpc) is 3.02. The highest BCUT2D eigenvalue weighted by Gasteiger charge is 2.13. The van der Waals surface area contributed by atoms with E-state index in [0.717, 1.165) is 11.3 Å². The molecule has 0 aliphatic heterocycles. The molecule has 2 aromatic heterocycles. The number of benzene rings is 2. The Balaban J connectivity index is 1.78. The Morgan fingerprint density at radius 3 is 2.58 bits per heavy atom. The lowest BCUT2D eigenvalue weighted by Gasteiger charge is -2.10. The number of nitrogens with zero attached hydrogens (tertiary/aromatic N) is 3. The van der Waals surface area contributed by atoms with Crippen molar-refractivity contribution in [2.75, 3.05) is 5.32 Å². The molecule has 0 atom stereocenters. The summed E-state index contributed by atoms with van der Waals surface area (Å²) in [4.78, 5) is 8.92. The third-order valence-corrected chi connectivity index (χ3v) is 3.95. The van der Waals surface area contributed by atoms with Crippen LogP contribution in [0.4, 0.5) is 20.4 Å². The molecule has 4 aromatic rings. The molecule has 0 fully saturated rings. The number of fused-ring (bicyclic) bond motifs is 1. The molecule has 4 rings (SSSR count). The zero-order valence-electron chi connectivity index (χ0n) is 13.9. The zero-order valence-corrected chi connectivity index (χ0v) is 13.9. The molecule has 26 heavy (non-hydrogen) atoms. The first-order chi connectivity index (χ1) is 12.6. The molecule has 0 bridgehead atoms. The number of anilines is 2. The number of hydrogen-bond donors (Lipinski definition) is 2. The van der Waals surface area contributed by atoms with Crippen molar-refractivity contribution in [2.24, 2.45) is 0 Å². The van der Waals surface area contributed by atoms with Crippen LogP contribution in [0, 0.1) is 18.6 Å². The summed E-state index contributed by atoms with van der Waals surface area (Å²) in [5.74, 6) is 0.678. The van der Waals surface area contributed by atoms with E-state index in [1.807, 2.05) is 6.92 Å². The number of aromatic amines is 1. The smallest absolute Gasteiger partial charge is 0.153 e. The van der Waals surface area contributed by atoms with Gasteiger partial charge >= 0.3 is 0 Å². The van der Waals surface area contributed by atoms with Crippen molar-refractivity contribution in [3.05, 3.63) is 77.2 Å². The molecular formula is C19H15F2N5. The molecule has 0 radical (unpaired) electrons. The number of H-pyrrole nitrogens is 1. The Morgan fingerprint density at radius 1 is 1.04 bits per heavy atom. The van der Waals surface area contributed by atoms with Crippen molar-refractivity contribution in [2.45, 2.75) is 13.3 Å². The van der Waals surface area contributed by atoms with Crippen LogP contribution in [0.2, 0.25) is 0 Å². The molecule has 2 aromatic carbocycles. The van der Waals surface area contributed by atoms with Crippen LogP contribution in [0.25, 0.3) is 10.9 Å². The second-order valence-corrected chi connectivity index (χ2v) is 5.99. The zero-order chi connectivity index (χ0) is 18.1. The van der Waals surface area contributed by atoms with Crippen molar-refractivity contribution in [1.29, 1.82) is 0 Å². The molecule has 130 valence electrons. The summed E-state index contributed by atoms with van der Waals surface area (Å²) < 4.78 is 27.5. The van der Waals surface area contributed by atoms with Gasteiger partial charge in [-0.2, -0.15) is 5.10 Å². The first-order valence-corrected chi connectivity index (χ1v) is 8.07. The monoisotopic (exact) mass is 351 g/mol. The third kappa shape index (κ3) is 3.23. The fourth-order valence-electron chi connectivity index (χ4n) is 2.75. The molecule has 0 spiro atoms. The first kappa shape index (κ1) is 16.1. The molecule has 0 unspecified atom stereocenters. The van der Waals surface area contributed by atoms with Crippen LogP contribution in [-0.4, -0.2) is 20.2 Å². The van der Waals surface area contributed by atoms with Gasteiger partial charge in [-0.3, -0.25) is 5.10 Å². The van der Waals surface area contributed by atoms with Gasteiger partial charge < -0.3 is 5.32 Å². The second-order valence-electron chi connectivity index (χ2n) is 5.99. The summed E-state index contributed by atoms with van der Waals surface area (Å²) >= 11 is 0. The van der Waals surface area contributed by atoms with E-state index in [1.54, 1.807) is 30.3 Å². The Bertz CT molecular complexity index is 1070. The highest BCUT2D eigenvalue weighted by Crippen LogP contribution is 2.26. The van der Waals surface area contributed by atoms with Crippen LogP contribution in [0.15, 0.2) is 48.5 Å². The van der Waals surface area contributed by atoms with Crippen LogP contribution in [0.5, 0.6) is 0 Å². The highest BCUT2D eigenvalue weighted by atomic mass is 19.1. The van der Waals surface area contributed by atoms with Gasteiger partial charge in [0, 0.05) is 18.2 Å². The topological polar surface area (TPSA) is 66.5 Å². The Hall–Kier alpha value is -3.35. The molecule has 0 saturated heterocycles. The highest BCUT2D eigenvalue weighted by molar-refractivity contribution is 5.91. The van der Waals surface area contributed by atoms with Crippen molar-refractivity contribution in [3.63, 3.8) is 0 Å². The Morgan fingerprint density at radius 2 is 1.85 bits per heavy atom. The number of rotatable bonds is 4. The molecule has 0 aliphatic rings. The van der Waals surface area contributed by atoms with E-state index < -0.39 is 5.82 Å². The van der Waals surface area contributed by atoms with Crippen LogP contribution >= 0.6 is 0 Å². The molecule has 5 nitrogen and oxygen atoms in total. The minimum absolute atomic E-state index is 0.300. The van der Waals surface area contributed by atoms with Crippen LogP contribution in [-0.2, 0) is 6.42 Å². The normalized spacial score (nSPS) is 11.0. The number of halogens is 2. The number of aromatic nitrogens is 4. The van der Waals surface area contributed by atoms with Gasteiger partial charge in [0.2, 0.25) is 0 Å². The largest absolute Gasteiger partial charge is 0.323 e. The molecular weight excluding hydrogens is 336 g/mol. The molecule has 0 amide bonds. The van der Waals surface area contributed by atoms with Crippen LogP contribution in [0.1, 0.15) is 17.1 Å². The van der Waals surface area contributed by atoms with E-state index in [-0.39, 0.29) is 5.82 Å². The maximum Gasteiger partial charge on any atom is 0.153 e. The second kappa shape index (κ2) is 6.51. The van der Waals surface area contributed by atoms with E-state index in [4.69, 9.17) is 0 Å². The Labute approximate surface area is 148 Å². The summed E-state index contributed by atoms with van der Waals surface area (Å²) in [5.41, 5.74) is 2.23. The van der Waals surface area contributed by atoms with Gasteiger partial charge in [-0.05, 0) is 36.8 Å². The predicted octanol–water partition coefficient (Wildman–Crippen LogP) is 4.27. The van der Waals surface area contributed by atoms with Gasteiger partial charge in [-0.1, -0.05) is 18.2 Å². The van der Waals surface area contributed by atoms with E-state index in [1.165, 1.54) is 18.2 Å². The van der Waals surface area contributed by atoms with Crippen LogP contribution in [0.3, 0.4) is 0 Å². The third-order valence-electron chi connectivity index (χ3n) is 3.95. The van der Waals surface area contributed by atoms with Crippen molar-refractivity contribution in [1.82, 2.24) is 20.2 Å². The minimum atomic E-state index is -0.411. The summed E-state index contributed by atoms with van der Waals surface area (Å²) in [7, 11) is 0. The Kier molecular flexibility index (Phi) is 4.04. The van der Waals surface area contributed by atoms with Gasteiger partial charge in [0.1, 0.15) is 23.3 Å². The molecule has 0 saturated carbocycles. The number of hydrogen-bond acceptors (Lipinski definition) is 4. The lowest BCUT2D eigenvalue weighted by molar-refractivity contribution is 0.627. The predicted molar refractivity (Wildman–Crippen MR) is 95.3 cm³/mol. The molecule has 2 heterocycles. The lowest BCUT2D eigenvalue weighted by atomic mass is 10.1. The summed E-state index contributed by atoms with van der Waals surface area (Å²) in [6, 6.07) is 12.6. The van der Waals surface area contributed by atoms with Crippen molar-refractivity contribution >= 4 is 22.5 Å². The van der Waals surface area contributed by atoms with Crippen molar-refractivity contribution in [3.8, 4) is 0 Å². The fraction of sp³-hybridized carbons (Fsp3) is 0.105. The maximum atomic E-state index is 14.4. The lowest BCUT2D eigenvalue weighted by Crippen LogP contribution is -2.04. The molecule has 2 N–H and O–H groups in total. The van der Waals surface area contributed by atoms with E-state index >= 15 is 0 Å². The minimum Gasteiger partial charge on any atom is -0.323 e. The SMILES string of the molecule is Cc1cc(Nc2nc(Cc3ccc(F)cc3)nc3cccc(F)c23)n[nH]1. The summed E-state index contributed by atoms with van der Waals surface area (Å²) in [6.07, 6.45) is 0.404. The number of aryl methyl sites for hydroxylation is 1. The van der Waals surface area contributed by atoms with Gasteiger partial charge in [-0.15, -0.1) is 0 Å².